The minimum absolute atomic E-state index is 0.525. The van der Waals surface area contributed by atoms with Gasteiger partial charge in [-0.15, -0.1) is 0 Å². The van der Waals surface area contributed by atoms with Crippen LogP contribution < -0.4 is 5.73 Å². The maximum Gasteiger partial charge on any atom is 0.148 e. The molecule has 0 spiro atoms. The van der Waals surface area contributed by atoms with Gasteiger partial charge in [0, 0.05) is 24.2 Å². The third-order valence-corrected chi connectivity index (χ3v) is 2.21. The molecule has 0 saturated carbocycles. The van der Waals surface area contributed by atoms with Gasteiger partial charge in [0.15, 0.2) is 0 Å². The van der Waals surface area contributed by atoms with Crippen LogP contribution in [-0.2, 0) is 5.54 Å². The van der Waals surface area contributed by atoms with E-state index in [1.165, 1.54) is 0 Å². The van der Waals surface area contributed by atoms with Gasteiger partial charge in [-0.1, -0.05) is 0 Å². The Labute approximate surface area is 94.6 Å². The summed E-state index contributed by atoms with van der Waals surface area (Å²) in [5, 5.41) is 0. The smallest absolute Gasteiger partial charge is 0.148 e. The molecule has 2 rings (SSSR count). The molecule has 2 heterocycles. The summed E-state index contributed by atoms with van der Waals surface area (Å²) in [7, 11) is 0. The predicted molar refractivity (Wildman–Crippen MR) is 62.5 cm³/mol. The Kier molecular flexibility index (Phi) is 2.66. The second-order valence-electron chi connectivity index (χ2n) is 4.22. The van der Waals surface area contributed by atoms with Crippen LogP contribution in [0.4, 0.5) is 0 Å². The van der Waals surface area contributed by atoms with Gasteiger partial charge in [0.25, 0.3) is 0 Å². The molecular weight excluding hydrogens is 200 g/mol. The summed E-state index contributed by atoms with van der Waals surface area (Å²) in [4.78, 5) is 12.6. The number of hydrogen-bond donors (Lipinski definition) is 1. The second-order valence-corrected chi connectivity index (χ2v) is 4.22. The summed E-state index contributed by atoms with van der Waals surface area (Å²) in [5.74, 6) is 0.641. The zero-order valence-electron chi connectivity index (χ0n) is 9.38. The molecule has 0 radical (unpaired) electrons. The summed E-state index contributed by atoms with van der Waals surface area (Å²) in [6.45, 7) is 3.78. The van der Waals surface area contributed by atoms with E-state index in [9.17, 15) is 0 Å². The van der Waals surface area contributed by atoms with Crippen LogP contribution in [0.2, 0.25) is 0 Å². The molecule has 2 aromatic rings. The van der Waals surface area contributed by atoms with Gasteiger partial charge in [-0.3, -0.25) is 4.98 Å². The van der Waals surface area contributed by atoms with E-state index in [2.05, 4.69) is 15.0 Å². The number of aromatic nitrogens is 3. The Morgan fingerprint density at radius 2 is 1.75 bits per heavy atom. The standard InChI is InChI=1S/C12H14N4/c1-12(2,13)11-15-8-5-10(16-11)9-3-6-14-7-4-9/h3-8H,13H2,1-2H3. The molecule has 4 nitrogen and oxygen atoms in total. The fourth-order valence-electron chi connectivity index (χ4n) is 1.35. The van der Waals surface area contributed by atoms with Gasteiger partial charge in [-0.2, -0.15) is 0 Å². The first kappa shape index (κ1) is 10.7. The van der Waals surface area contributed by atoms with Crippen LogP contribution in [0.15, 0.2) is 36.8 Å². The highest BCUT2D eigenvalue weighted by molar-refractivity contribution is 5.57. The molecule has 16 heavy (non-hydrogen) atoms. The minimum atomic E-state index is -0.525. The van der Waals surface area contributed by atoms with Gasteiger partial charge in [-0.05, 0) is 32.0 Å². The van der Waals surface area contributed by atoms with E-state index in [0.717, 1.165) is 11.3 Å². The molecule has 0 fully saturated rings. The van der Waals surface area contributed by atoms with Crippen molar-refractivity contribution in [3.8, 4) is 11.3 Å². The molecule has 0 atom stereocenters. The topological polar surface area (TPSA) is 64.7 Å². The largest absolute Gasteiger partial charge is 0.319 e. The highest BCUT2D eigenvalue weighted by atomic mass is 14.9. The molecule has 0 aliphatic rings. The number of pyridine rings is 1. The van der Waals surface area contributed by atoms with Crippen molar-refractivity contribution in [1.82, 2.24) is 15.0 Å². The Hall–Kier alpha value is -1.81. The lowest BCUT2D eigenvalue weighted by molar-refractivity contribution is 0.514. The molecule has 2 N–H and O–H groups in total. The average molecular weight is 214 g/mol. The van der Waals surface area contributed by atoms with Gasteiger partial charge in [0.05, 0.1) is 11.2 Å². The monoisotopic (exact) mass is 214 g/mol. The first-order valence-corrected chi connectivity index (χ1v) is 5.10. The van der Waals surface area contributed by atoms with E-state index in [1.807, 2.05) is 32.0 Å². The molecule has 4 heteroatoms. The highest BCUT2D eigenvalue weighted by Gasteiger charge is 2.17. The van der Waals surface area contributed by atoms with E-state index in [4.69, 9.17) is 5.73 Å². The zero-order chi connectivity index (χ0) is 11.6. The fourth-order valence-corrected chi connectivity index (χ4v) is 1.35. The van der Waals surface area contributed by atoms with Crippen LogP contribution in [0.25, 0.3) is 11.3 Å². The molecule has 0 aromatic carbocycles. The Morgan fingerprint density at radius 3 is 2.38 bits per heavy atom. The Bertz CT molecular complexity index is 474. The molecule has 0 aliphatic carbocycles. The van der Waals surface area contributed by atoms with Crippen LogP contribution in [0.1, 0.15) is 19.7 Å². The van der Waals surface area contributed by atoms with E-state index in [-0.39, 0.29) is 0 Å². The maximum atomic E-state index is 5.97. The summed E-state index contributed by atoms with van der Waals surface area (Å²) in [5.41, 5.74) is 7.32. The van der Waals surface area contributed by atoms with Gasteiger partial charge in [0.2, 0.25) is 0 Å². The van der Waals surface area contributed by atoms with Gasteiger partial charge < -0.3 is 5.73 Å². The van der Waals surface area contributed by atoms with Crippen molar-refractivity contribution < 1.29 is 0 Å². The SMILES string of the molecule is CC(C)(N)c1nccc(-c2ccncc2)n1. The van der Waals surface area contributed by atoms with Crippen molar-refractivity contribution in [2.24, 2.45) is 5.73 Å². The number of nitrogens with zero attached hydrogens (tertiary/aromatic N) is 3. The van der Waals surface area contributed by atoms with E-state index >= 15 is 0 Å². The molecule has 0 aliphatic heterocycles. The van der Waals surface area contributed by atoms with Crippen molar-refractivity contribution in [3.05, 3.63) is 42.6 Å². The summed E-state index contributed by atoms with van der Waals surface area (Å²) >= 11 is 0. The van der Waals surface area contributed by atoms with E-state index in [0.29, 0.717) is 5.82 Å². The summed E-state index contributed by atoms with van der Waals surface area (Å²) < 4.78 is 0. The maximum absolute atomic E-state index is 5.97. The van der Waals surface area contributed by atoms with Crippen LogP contribution in [-0.4, -0.2) is 15.0 Å². The first-order valence-electron chi connectivity index (χ1n) is 5.10. The predicted octanol–water partition coefficient (Wildman–Crippen LogP) is 1.73. The van der Waals surface area contributed by atoms with Crippen LogP contribution in [0, 0.1) is 0 Å². The Balaban J connectivity index is 2.45. The van der Waals surface area contributed by atoms with Crippen LogP contribution in [0.3, 0.4) is 0 Å². The zero-order valence-corrected chi connectivity index (χ0v) is 9.38. The minimum Gasteiger partial charge on any atom is -0.319 e. The molecule has 0 saturated heterocycles. The lowest BCUT2D eigenvalue weighted by Gasteiger charge is -2.16. The number of nitrogens with two attached hydrogens (primary N) is 1. The fraction of sp³-hybridized carbons (Fsp3) is 0.250. The van der Waals surface area contributed by atoms with Crippen LogP contribution >= 0.6 is 0 Å². The van der Waals surface area contributed by atoms with Crippen molar-refractivity contribution in [1.29, 1.82) is 0 Å². The molecule has 0 unspecified atom stereocenters. The van der Waals surface area contributed by atoms with Crippen molar-refractivity contribution in [2.75, 3.05) is 0 Å². The Morgan fingerprint density at radius 1 is 1.06 bits per heavy atom. The van der Waals surface area contributed by atoms with Gasteiger partial charge in [0.1, 0.15) is 5.82 Å². The lowest BCUT2D eigenvalue weighted by atomic mass is 10.1. The molecule has 2 aromatic heterocycles. The molecule has 0 amide bonds. The van der Waals surface area contributed by atoms with Crippen molar-refractivity contribution >= 4 is 0 Å². The number of rotatable bonds is 2. The van der Waals surface area contributed by atoms with E-state index in [1.54, 1.807) is 18.6 Å². The van der Waals surface area contributed by atoms with Gasteiger partial charge in [-0.25, -0.2) is 9.97 Å². The normalized spacial score (nSPS) is 11.4. The third kappa shape index (κ3) is 2.23. The first-order chi connectivity index (χ1) is 7.57. The van der Waals surface area contributed by atoms with Crippen LogP contribution in [0.5, 0.6) is 0 Å². The quantitative estimate of drug-likeness (QED) is 0.826. The van der Waals surface area contributed by atoms with Crippen molar-refractivity contribution in [3.63, 3.8) is 0 Å². The second kappa shape index (κ2) is 3.98. The average Bonchev–Trinajstić information content (AvgIpc) is 2.29. The third-order valence-electron chi connectivity index (χ3n) is 2.21. The summed E-state index contributed by atoms with van der Waals surface area (Å²) in [6.07, 6.45) is 5.21. The molecule has 82 valence electrons. The van der Waals surface area contributed by atoms with Crippen molar-refractivity contribution in [2.45, 2.75) is 19.4 Å². The lowest BCUT2D eigenvalue weighted by Crippen LogP contribution is -2.31. The van der Waals surface area contributed by atoms with E-state index < -0.39 is 5.54 Å². The molecule has 0 bridgehead atoms. The highest BCUT2D eigenvalue weighted by Crippen LogP contribution is 2.18. The number of hydrogen-bond acceptors (Lipinski definition) is 4. The molecular formula is C12H14N4. The van der Waals surface area contributed by atoms with Gasteiger partial charge >= 0.3 is 0 Å². The summed E-state index contributed by atoms with van der Waals surface area (Å²) in [6, 6.07) is 5.69.